The lowest BCUT2D eigenvalue weighted by atomic mass is 10.2. The Morgan fingerprint density at radius 2 is 1.81 bits per heavy atom. The number of nitrogens with two attached hydrogens (primary N) is 1. The number of nitrogens with one attached hydrogen (secondary N) is 1. The highest BCUT2D eigenvalue weighted by Gasteiger charge is 2.15. The van der Waals surface area contributed by atoms with Crippen LogP contribution in [0.15, 0.2) is 47.4 Å². The van der Waals surface area contributed by atoms with Gasteiger partial charge in [-0.15, -0.1) is 0 Å². The highest BCUT2D eigenvalue weighted by Crippen LogP contribution is 2.22. The van der Waals surface area contributed by atoms with Crippen LogP contribution in [-0.4, -0.2) is 13.4 Å². The molecule has 0 aromatic heterocycles. The van der Waals surface area contributed by atoms with E-state index in [2.05, 4.69) is 4.72 Å². The van der Waals surface area contributed by atoms with Crippen LogP contribution in [0.5, 0.6) is 0 Å². The second kappa shape index (κ2) is 5.97. The van der Waals surface area contributed by atoms with Gasteiger partial charge in [-0.3, -0.25) is 4.72 Å². The fraction of sp³-hybridized carbons (Fsp3) is 0. The Bertz CT molecular complexity index is 792. The molecule has 0 fully saturated rings. The highest BCUT2D eigenvalue weighted by atomic mass is 35.5. The maximum atomic E-state index is 13.0. The van der Waals surface area contributed by atoms with Crippen LogP contribution >= 0.6 is 23.8 Å². The molecule has 0 saturated heterocycles. The minimum atomic E-state index is -3.80. The van der Waals surface area contributed by atoms with Crippen molar-refractivity contribution in [2.75, 3.05) is 4.72 Å². The minimum Gasteiger partial charge on any atom is -0.389 e. The molecule has 0 atom stereocenters. The SMILES string of the molecule is NC(=S)c1ccc(S(=O)(=O)Nc2ccc(F)c(Cl)c2)cc1. The fourth-order valence-electron chi connectivity index (χ4n) is 1.57. The summed E-state index contributed by atoms with van der Waals surface area (Å²) in [6, 6.07) is 9.32. The molecule has 2 rings (SSSR count). The first kappa shape index (κ1) is 15.7. The Morgan fingerprint density at radius 1 is 1.19 bits per heavy atom. The summed E-state index contributed by atoms with van der Waals surface area (Å²) in [5.74, 6) is -0.625. The van der Waals surface area contributed by atoms with Crippen molar-refractivity contribution in [1.82, 2.24) is 0 Å². The fourth-order valence-corrected chi connectivity index (χ4v) is 2.94. The molecule has 8 heteroatoms. The van der Waals surface area contributed by atoms with Crippen molar-refractivity contribution in [2.24, 2.45) is 5.73 Å². The van der Waals surface area contributed by atoms with Gasteiger partial charge in [0.15, 0.2) is 0 Å². The van der Waals surface area contributed by atoms with Crippen molar-refractivity contribution in [3.63, 3.8) is 0 Å². The average molecular weight is 345 g/mol. The summed E-state index contributed by atoms with van der Waals surface area (Å²) in [7, 11) is -3.80. The summed E-state index contributed by atoms with van der Waals surface area (Å²) in [6.45, 7) is 0. The van der Waals surface area contributed by atoms with Crippen LogP contribution in [0.25, 0.3) is 0 Å². The number of thiocarbonyl (C=S) groups is 1. The number of sulfonamides is 1. The molecule has 0 bridgehead atoms. The summed E-state index contributed by atoms with van der Waals surface area (Å²) in [5.41, 5.74) is 6.17. The molecule has 0 radical (unpaired) electrons. The van der Waals surface area contributed by atoms with Gasteiger partial charge in [0, 0.05) is 5.56 Å². The van der Waals surface area contributed by atoms with Gasteiger partial charge in [0.1, 0.15) is 10.8 Å². The number of hydrogen-bond donors (Lipinski definition) is 2. The van der Waals surface area contributed by atoms with E-state index in [0.29, 0.717) is 5.56 Å². The molecule has 2 aromatic carbocycles. The van der Waals surface area contributed by atoms with Gasteiger partial charge in [0.2, 0.25) is 0 Å². The summed E-state index contributed by atoms with van der Waals surface area (Å²) in [4.78, 5) is 0.208. The summed E-state index contributed by atoms with van der Waals surface area (Å²) >= 11 is 10.4. The van der Waals surface area contributed by atoms with Gasteiger partial charge in [-0.1, -0.05) is 36.0 Å². The molecule has 21 heavy (non-hydrogen) atoms. The van der Waals surface area contributed by atoms with E-state index < -0.39 is 15.8 Å². The van der Waals surface area contributed by atoms with Gasteiger partial charge in [-0.25, -0.2) is 12.8 Å². The second-order valence-electron chi connectivity index (χ2n) is 4.12. The average Bonchev–Trinajstić information content (AvgIpc) is 2.43. The predicted molar refractivity (Wildman–Crippen MR) is 84.5 cm³/mol. The lowest BCUT2D eigenvalue weighted by Gasteiger charge is -2.09. The number of anilines is 1. The van der Waals surface area contributed by atoms with Crippen molar-refractivity contribution in [2.45, 2.75) is 4.90 Å². The van der Waals surface area contributed by atoms with E-state index in [-0.39, 0.29) is 20.6 Å². The van der Waals surface area contributed by atoms with Crippen molar-refractivity contribution < 1.29 is 12.8 Å². The van der Waals surface area contributed by atoms with Crippen LogP contribution in [-0.2, 0) is 10.0 Å². The molecule has 2 aromatic rings. The molecule has 0 aliphatic rings. The van der Waals surface area contributed by atoms with Gasteiger partial charge in [0.05, 0.1) is 15.6 Å². The molecule has 4 nitrogen and oxygen atoms in total. The van der Waals surface area contributed by atoms with Crippen LogP contribution in [0.1, 0.15) is 5.56 Å². The van der Waals surface area contributed by atoms with Crippen molar-refractivity contribution >= 4 is 44.5 Å². The van der Waals surface area contributed by atoms with Crippen LogP contribution in [0.3, 0.4) is 0 Å². The van der Waals surface area contributed by atoms with Gasteiger partial charge < -0.3 is 5.73 Å². The van der Waals surface area contributed by atoms with Crippen molar-refractivity contribution in [3.8, 4) is 0 Å². The normalized spacial score (nSPS) is 11.1. The summed E-state index contributed by atoms with van der Waals surface area (Å²) < 4.78 is 39.7. The summed E-state index contributed by atoms with van der Waals surface area (Å²) in [5, 5.41) is -0.168. The molecular formula is C13H10ClFN2O2S2. The molecule has 110 valence electrons. The van der Waals surface area contributed by atoms with Crippen molar-refractivity contribution in [3.05, 3.63) is 58.9 Å². The van der Waals surface area contributed by atoms with E-state index in [9.17, 15) is 12.8 Å². The van der Waals surface area contributed by atoms with E-state index in [1.807, 2.05) is 0 Å². The Labute approximate surface area is 131 Å². The van der Waals surface area contributed by atoms with Gasteiger partial charge in [-0.2, -0.15) is 0 Å². The van der Waals surface area contributed by atoms with Crippen LogP contribution in [0, 0.1) is 5.82 Å². The Hall–Kier alpha value is -1.70. The maximum absolute atomic E-state index is 13.0. The first-order chi connectivity index (χ1) is 9.79. The zero-order chi connectivity index (χ0) is 15.6. The molecular weight excluding hydrogens is 335 g/mol. The molecule has 0 spiro atoms. The minimum absolute atomic E-state index is 0.0305. The topological polar surface area (TPSA) is 72.2 Å². The molecule has 0 amide bonds. The number of halogens is 2. The molecule has 0 heterocycles. The predicted octanol–water partition coefficient (Wildman–Crippen LogP) is 2.91. The first-order valence-electron chi connectivity index (χ1n) is 5.67. The number of benzene rings is 2. The smallest absolute Gasteiger partial charge is 0.261 e. The lowest BCUT2D eigenvalue weighted by Crippen LogP contribution is -2.14. The molecule has 0 aliphatic carbocycles. The largest absolute Gasteiger partial charge is 0.389 e. The highest BCUT2D eigenvalue weighted by molar-refractivity contribution is 7.92. The molecule has 0 unspecified atom stereocenters. The van der Waals surface area contributed by atoms with Crippen LogP contribution in [0.4, 0.5) is 10.1 Å². The maximum Gasteiger partial charge on any atom is 0.261 e. The van der Waals surface area contributed by atoms with Crippen LogP contribution < -0.4 is 10.5 Å². The molecule has 3 N–H and O–H groups in total. The summed E-state index contributed by atoms with van der Waals surface area (Å²) in [6.07, 6.45) is 0. The molecule has 0 aliphatic heterocycles. The zero-order valence-corrected chi connectivity index (χ0v) is 12.9. The van der Waals surface area contributed by atoms with Crippen molar-refractivity contribution in [1.29, 1.82) is 0 Å². The van der Waals surface area contributed by atoms with Crippen LogP contribution in [0.2, 0.25) is 5.02 Å². The third-order valence-electron chi connectivity index (χ3n) is 2.62. The lowest BCUT2D eigenvalue weighted by molar-refractivity contribution is 0.601. The van der Waals surface area contributed by atoms with Gasteiger partial charge in [0.25, 0.3) is 10.0 Å². The Balaban J connectivity index is 2.29. The second-order valence-corrected chi connectivity index (χ2v) is 6.65. The molecule has 0 saturated carbocycles. The van der Waals surface area contributed by atoms with E-state index in [1.54, 1.807) is 0 Å². The number of rotatable bonds is 4. The van der Waals surface area contributed by atoms with Gasteiger partial charge >= 0.3 is 0 Å². The Kier molecular flexibility index (Phi) is 4.46. The van der Waals surface area contributed by atoms with E-state index >= 15 is 0 Å². The quantitative estimate of drug-likeness (QED) is 0.836. The van der Waals surface area contributed by atoms with Gasteiger partial charge in [-0.05, 0) is 30.3 Å². The third-order valence-corrected chi connectivity index (χ3v) is 4.54. The van der Waals surface area contributed by atoms with E-state index in [4.69, 9.17) is 29.6 Å². The van der Waals surface area contributed by atoms with E-state index in [0.717, 1.165) is 6.07 Å². The monoisotopic (exact) mass is 344 g/mol. The third kappa shape index (κ3) is 3.69. The Morgan fingerprint density at radius 3 is 2.33 bits per heavy atom. The zero-order valence-electron chi connectivity index (χ0n) is 10.5. The standard InChI is InChI=1S/C13H10ClFN2O2S2/c14-11-7-9(3-6-12(11)15)17-21(18,19)10-4-1-8(2-5-10)13(16)20/h1-7,17H,(H2,16,20). The van der Waals surface area contributed by atoms with E-state index in [1.165, 1.54) is 36.4 Å². The first-order valence-corrected chi connectivity index (χ1v) is 7.94. The number of hydrogen-bond acceptors (Lipinski definition) is 3.